The summed E-state index contributed by atoms with van der Waals surface area (Å²) in [7, 11) is 0. The number of allylic oxidation sites excluding steroid dienone is 1. The number of phenols is 1. The number of fused-ring (bicyclic) bond motifs is 5. The zero-order chi connectivity index (χ0) is 76.1. The van der Waals surface area contributed by atoms with Crippen LogP contribution in [0.15, 0.2) is 144 Å². The van der Waals surface area contributed by atoms with Crippen LogP contribution < -0.4 is 48.1 Å². The van der Waals surface area contributed by atoms with Gasteiger partial charge in [0, 0.05) is 126 Å². The van der Waals surface area contributed by atoms with Gasteiger partial charge in [0.1, 0.15) is 59.4 Å². The van der Waals surface area contributed by atoms with Crippen LogP contribution in [0.5, 0.6) is 11.5 Å². The van der Waals surface area contributed by atoms with E-state index in [9.17, 15) is 43.4 Å². The molecule has 10 rings (SSSR count). The number of rotatable bonds is 17. The molecule has 3 aliphatic rings. The molecule has 3 aliphatic heterocycles. The Morgan fingerprint density at radius 3 is 1.96 bits per heavy atom. The number of Topliss-reactive ketones (excluding diaryl/α,β-unsaturated/α-hetero) is 2. The number of primary amides is 1. The number of carbonyl (C=O) groups is 11. The van der Waals surface area contributed by atoms with Gasteiger partial charge in [-0.05, 0) is 133 Å². The topological polar surface area (TPSA) is 409 Å². The maximum atomic E-state index is 15.6. The van der Waals surface area contributed by atoms with Gasteiger partial charge in [-0.15, -0.1) is 0 Å². The zero-order valence-electron chi connectivity index (χ0n) is 58.5. The first-order valence-corrected chi connectivity index (χ1v) is 37.6. The summed E-state index contributed by atoms with van der Waals surface area (Å²) in [6.45, 7) is -0.528. The van der Waals surface area contributed by atoms with Gasteiger partial charge in [-0.3, -0.25) is 57.7 Å². The molecule has 0 radical (unpaired) electrons. The molecule has 0 aliphatic carbocycles. The molecule has 9 atom stereocenters. The van der Waals surface area contributed by atoms with Crippen LogP contribution in [0.4, 0.5) is 8.78 Å². The predicted octanol–water partition coefficient (Wildman–Crippen LogP) is 5.81. The Bertz CT molecular complexity index is 4460. The summed E-state index contributed by atoms with van der Waals surface area (Å²) >= 11 is 2.78. The lowest BCUT2D eigenvalue weighted by molar-refractivity contribution is -0.143. The van der Waals surface area contributed by atoms with Gasteiger partial charge >= 0.3 is 5.97 Å². The Hall–Kier alpha value is -10.7. The van der Waals surface area contributed by atoms with Crippen molar-refractivity contribution in [2.75, 3.05) is 31.1 Å². The summed E-state index contributed by atoms with van der Waals surface area (Å²) in [5.41, 5.74) is 16.1. The summed E-state index contributed by atoms with van der Waals surface area (Å²) in [4.78, 5) is 171. The number of nitrogens with one attached hydrogen (secondary N) is 8. The number of aliphatic carboxylic acids is 1. The summed E-state index contributed by atoms with van der Waals surface area (Å²) in [5.74, 6) is -12.2. The summed E-state index contributed by atoms with van der Waals surface area (Å²) in [6, 6.07) is 21.0. The van der Waals surface area contributed by atoms with Crippen LogP contribution in [0.3, 0.4) is 0 Å². The number of unbranched alkanes of at least 4 members (excludes halogenated alkanes) is 1. The minimum Gasteiger partial charge on any atom is -0.508 e. The molecule has 5 aromatic carbocycles. The fourth-order valence-electron chi connectivity index (χ4n) is 13.3. The highest BCUT2D eigenvalue weighted by Crippen LogP contribution is 2.30. The van der Waals surface area contributed by atoms with Crippen molar-refractivity contribution in [2.24, 2.45) is 28.3 Å². The van der Waals surface area contributed by atoms with Crippen LogP contribution in [0.1, 0.15) is 92.0 Å². The number of carboxylic acid groups (broad SMARTS) is 1. The maximum Gasteiger partial charge on any atom is 0.305 e. The highest BCUT2D eigenvalue weighted by atomic mass is 32.2. The number of amides is 8. The maximum absolute atomic E-state index is 15.6. The number of H-pyrrole nitrogens is 2. The van der Waals surface area contributed by atoms with Crippen molar-refractivity contribution in [3.8, 4) is 11.5 Å². The van der Waals surface area contributed by atoms with Crippen LogP contribution in [-0.2, 0) is 83.5 Å². The molecule has 2 aromatic heterocycles. The van der Waals surface area contributed by atoms with Gasteiger partial charge in [-0.1, -0.05) is 54.6 Å². The fourth-order valence-corrected chi connectivity index (χ4v) is 15.2. The number of aromatic nitrogens is 2. The van der Waals surface area contributed by atoms with Gasteiger partial charge in [-0.2, -0.15) is 23.5 Å². The first-order chi connectivity index (χ1) is 51.5. The van der Waals surface area contributed by atoms with Crippen molar-refractivity contribution in [1.29, 1.82) is 0 Å². The van der Waals surface area contributed by atoms with E-state index < -0.39 is 163 Å². The lowest BCUT2D eigenvalue weighted by Crippen LogP contribution is -2.57. The molecule has 0 unspecified atom stereocenters. The molecule has 5 heterocycles. The molecule has 564 valence electrons. The number of aromatic hydroxyl groups is 1. The number of ether oxygens (including phenoxy) is 1. The average molecular weight is 1510 g/mol. The average Bonchev–Trinajstić information content (AvgIpc) is 1.70. The molecule has 14 N–H and O–H groups in total. The highest BCUT2D eigenvalue weighted by molar-refractivity contribution is 7.98. The quantitative estimate of drug-likeness (QED) is 0.0479. The van der Waals surface area contributed by atoms with Gasteiger partial charge in [-0.25, -0.2) is 8.78 Å². The molecule has 7 aromatic rings. The number of aromatic amines is 2. The van der Waals surface area contributed by atoms with Crippen molar-refractivity contribution in [3.05, 3.63) is 179 Å². The van der Waals surface area contributed by atoms with Gasteiger partial charge in [0.15, 0.2) is 11.6 Å². The molecule has 0 spiro atoms. The number of ketones is 2. The second kappa shape index (κ2) is 38.0. The second-order valence-corrected chi connectivity index (χ2v) is 29.1. The van der Waals surface area contributed by atoms with E-state index in [1.54, 1.807) is 36.5 Å². The van der Waals surface area contributed by atoms with E-state index in [0.717, 1.165) is 11.1 Å². The lowest BCUT2D eigenvalue weighted by Gasteiger charge is -2.30. The third kappa shape index (κ3) is 22.7. The number of carbonyl (C=O) groups excluding carboxylic acids is 10. The van der Waals surface area contributed by atoms with Crippen LogP contribution in [0.2, 0.25) is 0 Å². The summed E-state index contributed by atoms with van der Waals surface area (Å²) in [6.07, 6.45) is 2.94. The number of benzene rings is 5. The number of hydrogen-bond donors (Lipinski definition) is 12. The summed E-state index contributed by atoms with van der Waals surface area (Å²) in [5, 5.41) is 37.7. The number of hydrogen-bond acceptors (Lipinski definition) is 17. The Labute approximate surface area is 623 Å². The number of halogens is 2. The molecule has 2 bridgehead atoms. The normalized spacial score (nSPS) is 22.7. The van der Waals surface area contributed by atoms with Gasteiger partial charge < -0.3 is 73.2 Å². The monoisotopic (exact) mass is 1500 g/mol. The second-order valence-electron chi connectivity index (χ2n) is 26.9. The number of phenolic OH excluding ortho intramolecular Hbond substituents is 1. The third-order valence-corrected chi connectivity index (χ3v) is 21.0. The van der Waals surface area contributed by atoms with E-state index >= 15 is 28.4 Å². The van der Waals surface area contributed by atoms with Crippen molar-refractivity contribution < 1.29 is 76.5 Å². The molecule has 30 heteroatoms. The Morgan fingerprint density at radius 1 is 0.654 bits per heavy atom. The van der Waals surface area contributed by atoms with Crippen molar-refractivity contribution in [2.45, 2.75) is 137 Å². The minimum absolute atomic E-state index is 0.0148. The van der Waals surface area contributed by atoms with Gasteiger partial charge in [0.2, 0.25) is 47.3 Å². The summed E-state index contributed by atoms with van der Waals surface area (Å²) < 4.78 is 36.3. The largest absolute Gasteiger partial charge is 0.508 e. The van der Waals surface area contributed by atoms with E-state index in [-0.39, 0.29) is 73.9 Å². The zero-order valence-corrected chi connectivity index (χ0v) is 60.2. The standard InChI is InChI=1S/C77H86F2N12O14S2/c78-52-14-18-60-58(32-52)50(37-83-60)28-49-29-55(93)39-85-74(101)62(11-4-5-22-80)86-69(95)21-24-106-41-46-7-6-8-47(25-46)42-107-43-66(71(81)98)90-76(103)67-34-57(105-56-9-2-1-3-10-56)40-91(67)77(104)65(27-44-12-16-54(92)17-13-44)89-72(99)48(26-45-20-23-82-36-45)31-68(94)63(35-70(96)97)87-75(102)64(88-73(49)100)30-51-38-84-61-19-15-53(79)33-59(51)61/h1-3,6-10,12-19,23,25,32-33,36-38,48-49,57,62-67,83-84,92H,4-5,11,20-22,24,26-31,34-35,39-43,80H2,(H2,81,98)(H,85,101)(H,86,95)(H,87,102)(H,88,100)(H,89,99)(H,90,103)(H,96,97)/t48-,49-,57+,62+,63+,64+,65+,66+,67+/m1/s1. The van der Waals surface area contributed by atoms with Crippen LogP contribution in [0, 0.1) is 23.5 Å². The number of carboxylic acids is 1. The molecule has 1 fully saturated rings. The number of para-hydroxylation sites is 1. The van der Waals surface area contributed by atoms with Crippen molar-refractivity contribution in [3.63, 3.8) is 0 Å². The number of nitrogens with zero attached hydrogens (tertiary/aromatic N) is 2. The SMILES string of the molecule is NCCCC[C@@H]1NC(=O)CCSCc2cccc(c2)CSC[C@@H](C(N)=O)NC(=O)[C@@H]2C[C@H](Oc3ccccc3)CN2C(=O)[C@H](Cc2ccc(O)cc2)NC(=O)[C@H](CC2=CN=CC2)CC(=O)[C@H](CC(=O)O)NC(=O)[C@H](Cc2c[nH]c3ccc(F)cc23)NC(=O)[C@H](Cc2c[nH]c3ccc(F)cc23)CC(=O)CNC1=O. The first-order valence-electron chi connectivity index (χ1n) is 35.3. The molecule has 107 heavy (non-hydrogen) atoms. The number of aliphatic imine (C=N–C) groups is 1. The molecular weight excluding hydrogens is 1420 g/mol. The molecule has 0 saturated carbocycles. The van der Waals surface area contributed by atoms with E-state index in [1.807, 2.05) is 24.3 Å². The van der Waals surface area contributed by atoms with Gasteiger partial charge in [0.05, 0.1) is 25.6 Å². The van der Waals surface area contributed by atoms with E-state index in [1.165, 1.54) is 108 Å². The molecule has 26 nitrogen and oxygen atoms in total. The molecular formula is C77H86F2N12O14S2. The van der Waals surface area contributed by atoms with Crippen molar-refractivity contribution >= 4 is 116 Å². The van der Waals surface area contributed by atoms with Crippen molar-refractivity contribution in [1.82, 2.24) is 46.8 Å². The Balaban J connectivity index is 0.996. The third-order valence-electron chi connectivity index (χ3n) is 18.8. The minimum atomic E-state index is -1.93. The molecule has 8 amide bonds. The van der Waals surface area contributed by atoms with E-state index in [4.69, 9.17) is 16.2 Å². The first kappa shape index (κ1) is 78.9. The smallest absolute Gasteiger partial charge is 0.305 e. The Morgan fingerprint density at radius 2 is 1.31 bits per heavy atom. The predicted molar refractivity (Wildman–Crippen MR) is 399 cm³/mol. The van der Waals surface area contributed by atoms with E-state index in [2.05, 4.69) is 46.9 Å². The molecule has 1 saturated heterocycles. The van der Waals surface area contributed by atoms with Gasteiger partial charge in [0.25, 0.3) is 0 Å². The number of thioether (sulfide) groups is 2. The van der Waals surface area contributed by atoms with E-state index in [0.29, 0.717) is 75.5 Å². The van der Waals surface area contributed by atoms with Crippen LogP contribution >= 0.6 is 23.5 Å². The number of nitrogens with two attached hydrogens (primary N) is 2. The highest BCUT2D eigenvalue weighted by Gasteiger charge is 2.45. The Kier molecular flexibility index (Phi) is 28.0. The fraction of sp³-hybridized carbons (Fsp3) is 0.377. The van der Waals surface area contributed by atoms with Crippen LogP contribution in [0.25, 0.3) is 21.8 Å². The lowest BCUT2D eigenvalue weighted by atomic mass is 9.89. The van der Waals surface area contributed by atoms with Crippen LogP contribution in [-0.4, -0.2) is 170 Å².